The van der Waals surface area contributed by atoms with E-state index in [1.54, 1.807) is 0 Å². The van der Waals surface area contributed by atoms with Gasteiger partial charge >= 0.3 is 5.97 Å². The Morgan fingerprint density at radius 1 is 1.29 bits per heavy atom. The number of carbonyl (C=O) groups is 1. The van der Waals surface area contributed by atoms with Gasteiger partial charge in [-0.3, -0.25) is 0 Å². The van der Waals surface area contributed by atoms with Gasteiger partial charge < -0.3 is 14.8 Å². The first-order chi connectivity index (χ1) is 10.2. The monoisotopic (exact) mass is 291 g/mol. The lowest BCUT2D eigenvalue weighted by Crippen LogP contribution is -2.30. The summed E-state index contributed by atoms with van der Waals surface area (Å²) in [5, 5.41) is 3.22. The lowest BCUT2D eigenvalue weighted by Gasteiger charge is -2.28. The Kier molecular flexibility index (Phi) is 3.91. The third-order valence-corrected chi connectivity index (χ3v) is 4.31. The third kappa shape index (κ3) is 2.42. The van der Waals surface area contributed by atoms with Crippen LogP contribution < -0.4 is 5.32 Å². The first kappa shape index (κ1) is 14.4. The molecule has 114 valence electrons. The molecule has 0 atom stereocenters. The molecule has 0 bridgehead atoms. The van der Waals surface area contributed by atoms with Crippen LogP contribution in [0.1, 0.15) is 60.2 Å². The number of hydrogen-bond donors (Lipinski definition) is 1. The van der Waals surface area contributed by atoms with E-state index in [4.69, 9.17) is 14.5 Å². The molecular formula is C15H21N3O3. The van der Waals surface area contributed by atoms with Gasteiger partial charge in [0.1, 0.15) is 5.60 Å². The molecule has 6 heteroatoms. The zero-order chi connectivity index (χ0) is 14.9. The highest BCUT2D eigenvalue weighted by atomic mass is 16.5. The molecule has 1 saturated carbocycles. The van der Waals surface area contributed by atoms with E-state index < -0.39 is 11.6 Å². The van der Waals surface area contributed by atoms with Crippen molar-refractivity contribution < 1.29 is 14.3 Å². The van der Waals surface area contributed by atoms with Crippen LogP contribution in [0.2, 0.25) is 0 Å². The zero-order valence-corrected chi connectivity index (χ0v) is 12.6. The maximum atomic E-state index is 12.0. The highest BCUT2D eigenvalue weighted by Gasteiger charge is 2.41. The van der Waals surface area contributed by atoms with Gasteiger partial charge in [0.15, 0.2) is 11.5 Å². The lowest BCUT2D eigenvalue weighted by atomic mass is 10.00. The molecule has 0 amide bonds. The Bertz CT molecular complexity index is 553. The lowest BCUT2D eigenvalue weighted by molar-refractivity contribution is -0.0459. The predicted octanol–water partition coefficient (Wildman–Crippen LogP) is 1.67. The summed E-state index contributed by atoms with van der Waals surface area (Å²) in [4.78, 5) is 21.3. The molecule has 1 N–H and O–H groups in total. The SMILES string of the molecule is CCOC1(c2nc3c(c(C(=O)OC)n2)CNC3)CCCC1. The number of nitrogens with one attached hydrogen (secondary N) is 1. The van der Waals surface area contributed by atoms with Crippen LogP contribution in [0.15, 0.2) is 0 Å². The van der Waals surface area contributed by atoms with Crippen LogP contribution in [-0.2, 0) is 28.2 Å². The highest BCUT2D eigenvalue weighted by molar-refractivity contribution is 5.89. The van der Waals surface area contributed by atoms with Crippen molar-refractivity contribution in [3.8, 4) is 0 Å². The molecule has 2 aliphatic rings. The zero-order valence-electron chi connectivity index (χ0n) is 12.6. The number of methoxy groups -OCH3 is 1. The maximum Gasteiger partial charge on any atom is 0.357 e. The number of nitrogens with zero attached hydrogens (tertiary/aromatic N) is 2. The summed E-state index contributed by atoms with van der Waals surface area (Å²) >= 11 is 0. The normalized spacial score (nSPS) is 19.5. The van der Waals surface area contributed by atoms with Gasteiger partial charge in [-0.1, -0.05) is 0 Å². The van der Waals surface area contributed by atoms with Crippen LogP contribution >= 0.6 is 0 Å². The van der Waals surface area contributed by atoms with Crippen LogP contribution in [0, 0.1) is 0 Å². The summed E-state index contributed by atoms with van der Waals surface area (Å²) in [6, 6.07) is 0. The van der Waals surface area contributed by atoms with Gasteiger partial charge in [-0.2, -0.15) is 0 Å². The van der Waals surface area contributed by atoms with Crippen LogP contribution in [0.4, 0.5) is 0 Å². The summed E-state index contributed by atoms with van der Waals surface area (Å²) in [6.45, 7) is 3.88. The van der Waals surface area contributed by atoms with Crippen LogP contribution in [-0.4, -0.2) is 29.7 Å². The van der Waals surface area contributed by atoms with Crippen molar-refractivity contribution in [1.82, 2.24) is 15.3 Å². The molecule has 1 aromatic rings. The second kappa shape index (κ2) is 5.69. The van der Waals surface area contributed by atoms with E-state index in [2.05, 4.69) is 10.3 Å². The minimum absolute atomic E-state index is 0.383. The molecule has 6 nitrogen and oxygen atoms in total. The van der Waals surface area contributed by atoms with Crippen molar-refractivity contribution in [2.24, 2.45) is 0 Å². The fraction of sp³-hybridized carbons (Fsp3) is 0.667. The largest absolute Gasteiger partial charge is 0.464 e. The molecule has 0 radical (unpaired) electrons. The maximum absolute atomic E-state index is 12.0. The molecule has 1 aliphatic carbocycles. The van der Waals surface area contributed by atoms with E-state index in [0.29, 0.717) is 31.2 Å². The standard InChI is InChI=1S/C15H21N3O3/c1-3-21-15(6-4-5-7-15)14-17-11-9-16-8-10(11)12(18-14)13(19)20-2/h16H,3-9H2,1-2H3. The van der Waals surface area contributed by atoms with Gasteiger partial charge in [0.25, 0.3) is 0 Å². The number of esters is 1. The average Bonchev–Trinajstić information content (AvgIpc) is 3.15. The van der Waals surface area contributed by atoms with Crippen molar-refractivity contribution in [2.75, 3.05) is 13.7 Å². The molecule has 1 aromatic heterocycles. The average molecular weight is 291 g/mol. The number of carbonyl (C=O) groups excluding carboxylic acids is 1. The Morgan fingerprint density at radius 2 is 2.05 bits per heavy atom. The molecular weight excluding hydrogens is 270 g/mol. The molecule has 21 heavy (non-hydrogen) atoms. The van der Waals surface area contributed by atoms with Crippen molar-refractivity contribution in [3.63, 3.8) is 0 Å². The molecule has 0 saturated heterocycles. The van der Waals surface area contributed by atoms with E-state index >= 15 is 0 Å². The van der Waals surface area contributed by atoms with Crippen molar-refractivity contribution in [1.29, 1.82) is 0 Å². The minimum atomic E-state index is -0.435. The summed E-state index contributed by atoms with van der Waals surface area (Å²) < 4.78 is 10.9. The van der Waals surface area contributed by atoms with Crippen molar-refractivity contribution >= 4 is 5.97 Å². The van der Waals surface area contributed by atoms with Crippen LogP contribution in [0.3, 0.4) is 0 Å². The number of rotatable bonds is 4. The summed E-state index contributed by atoms with van der Waals surface area (Å²) in [5.74, 6) is 0.243. The van der Waals surface area contributed by atoms with Gasteiger partial charge in [0, 0.05) is 25.3 Å². The number of aromatic nitrogens is 2. The fourth-order valence-corrected chi connectivity index (χ4v) is 3.29. The molecule has 0 unspecified atom stereocenters. The Balaban J connectivity index is 2.08. The van der Waals surface area contributed by atoms with E-state index in [9.17, 15) is 4.79 Å². The minimum Gasteiger partial charge on any atom is -0.464 e. The first-order valence-electron chi connectivity index (χ1n) is 7.53. The number of ether oxygens (including phenoxy) is 2. The predicted molar refractivity (Wildman–Crippen MR) is 75.7 cm³/mol. The Labute approximate surface area is 124 Å². The molecule has 0 aromatic carbocycles. The number of fused-ring (bicyclic) bond motifs is 1. The fourth-order valence-electron chi connectivity index (χ4n) is 3.29. The van der Waals surface area contributed by atoms with E-state index in [0.717, 1.165) is 36.9 Å². The number of hydrogen-bond acceptors (Lipinski definition) is 6. The Hall–Kier alpha value is -1.53. The molecule has 1 aliphatic heterocycles. The first-order valence-corrected chi connectivity index (χ1v) is 7.53. The summed E-state index contributed by atoms with van der Waals surface area (Å²) in [5.41, 5.74) is 1.70. The van der Waals surface area contributed by atoms with Gasteiger partial charge in [0.05, 0.1) is 12.8 Å². The molecule has 1 fully saturated rings. The Morgan fingerprint density at radius 3 is 2.71 bits per heavy atom. The second-order valence-corrected chi connectivity index (χ2v) is 5.55. The molecule has 0 spiro atoms. The van der Waals surface area contributed by atoms with Gasteiger partial charge in [-0.25, -0.2) is 14.8 Å². The van der Waals surface area contributed by atoms with Crippen LogP contribution in [0.25, 0.3) is 0 Å². The van der Waals surface area contributed by atoms with E-state index in [1.165, 1.54) is 7.11 Å². The van der Waals surface area contributed by atoms with Crippen LogP contribution in [0.5, 0.6) is 0 Å². The topological polar surface area (TPSA) is 73.3 Å². The summed E-state index contributed by atoms with van der Waals surface area (Å²) in [7, 11) is 1.38. The third-order valence-electron chi connectivity index (χ3n) is 4.31. The molecule has 3 rings (SSSR count). The van der Waals surface area contributed by atoms with Crippen molar-refractivity contribution in [2.45, 2.75) is 51.3 Å². The highest BCUT2D eigenvalue weighted by Crippen LogP contribution is 2.41. The molecule has 2 heterocycles. The van der Waals surface area contributed by atoms with Gasteiger partial charge in [0.2, 0.25) is 0 Å². The second-order valence-electron chi connectivity index (χ2n) is 5.55. The summed E-state index contributed by atoms with van der Waals surface area (Å²) in [6.07, 6.45) is 4.03. The van der Waals surface area contributed by atoms with Gasteiger partial charge in [-0.05, 0) is 32.6 Å². The van der Waals surface area contributed by atoms with E-state index in [-0.39, 0.29) is 0 Å². The quantitative estimate of drug-likeness (QED) is 0.851. The van der Waals surface area contributed by atoms with Crippen molar-refractivity contribution in [3.05, 3.63) is 22.8 Å². The van der Waals surface area contributed by atoms with Gasteiger partial charge in [-0.15, -0.1) is 0 Å². The smallest absolute Gasteiger partial charge is 0.357 e. The van der Waals surface area contributed by atoms with E-state index in [1.807, 2.05) is 6.92 Å².